The van der Waals surface area contributed by atoms with Crippen LogP contribution >= 0.6 is 0 Å². The Morgan fingerprint density at radius 1 is 0.352 bits per heavy atom. The van der Waals surface area contributed by atoms with Crippen LogP contribution in [-0.2, 0) is 0 Å². The highest BCUT2D eigenvalue weighted by molar-refractivity contribution is 6.25. The van der Waals surface area contributed by atoms with Gasteiger partial charge in [0.05, 0.1) is 5.39 Å². The molecule has 252 valence electrons. The van der Waals surface area contributed by atoms with Crippen LogP contribution in [0.15, 0.2) is 179 Å². The number of hydrogen-bond donors (Lipinski definition) is 0. The van der Waals surface area contributed by atoms with Crippen LogP contribution in [0, 0.1) is 0 Å². The van der Waals surface area contributed by atoms with Crippen molar-refractivity contribution in [3.8, 4) is 56.7 Å². The zero-order valence-electron chi connectivity index (χ0n) is 28.8. The molecule has 0 radical (unpaired) electrons. The van der Waals surface area contributed by atoms with Gasteiger partial charge in [0.1, 0.15) is 16.7 Å². The van der Waals surface area contributed by atoms with E-state index >= 15 is 0 Å². The fourth-order valence-electron chi connectivity index (χ4n) is 7.61. The van der Waals surface area contributed by atoms with Crippen molar-refractivity contribution >= 4 is 54.6 Å². The average molecular weight is 693 g/mol. The van der Waals surface area contributed by atoms with Gasteiger partial charge in [-0.15, -0.1) is 0 Å². The molecule has 11 aromatic rings. The molecule has 54 heavy (non-hydrogen) atoms. The second-order valence-corrected chi connectivity index (χ2v) is 13.4. The number of nitrogens with zero attached hydrogens (tertiary/aromatic N) is 4. The maximum absolute atomic E-state index is 6.49. The lowest BCUT2D eigenvalue weighted by Gasteiger charge is -2.13. The van der Waals surface area contributed by atoms with Gasteiger partial charge >= 0.3 is 0 Å². The first-order valence-electron chi connectivity index (χ1n) is 17.9. The summed E-state index contributed by atoms with van der Waals surface area (Å²) >= 11 is 0. The van der Waals surface area contributed by atoms with Gasteiger partial charge in [-0.05, 0) is 75.1 Å². The van der Waals surface area contributed by atoms with Crippen molar-refractivity contribution in [2.75, 3.05) is 0 Å². The zero-order chi connectivity index (χ0) is 35.6. The standard InChI is InChI=1S/C48H28N4O2/c1-4-12-29(13-5-1)34-23-24-37(36-19-11-10-18-35(34)36)47-51-45(31-14-6-2-7-15-31)50-46(52-47)33-21-20-30-22-26-40-42(38(30)28-33)43-41(53-40)27-25-39-44(43)54-48(49-39)32-16-8-3-9-17-32/h1-28H. The highest BCUT2D eigenvalue weighted by Gasteiger charge is 2.20. The molecule has 0 atom stereocenters. The van der Waals surface area contributed by atoms with Gasteiger partial charge in [-0.3, -0.25) is 0 Å². The minimum absolute atomic E-state index is 0.573. The van der Waals surface area contributed by atoms with Crippen molar-refractivity contribution in [1.29, 1.82) is 0 Å². The Morgan fingerprint density at radius 3 is 1.69 bits per heavy atom. The van der Waals surface area contributed by atoms with Crippen LogP contribution in [0.5, 0.6) is 0 Å². The Balaban J connectivity index is 1.13. The van der Waals surface area contributed by atoms with E-state index < -0.39 is 0 Å². The third kappa shape index (κ3) is 4.89. The topological polar surface area (TPSA) is 77.8 Å². The SMILES string of the molecule is c1ccc(-c2nc(-c3ccc4ccc5oc6ccc7nc(-c8ccccc8)oc7c6c5c4c3)nc(-c3ccc(-c4ccccc4)c4ccccc34)n2)cc1. The molecule has 11 rings (SSSR count). The minimum Gasteiger partial charge on any atom is -0.456 e. The first kappa shape index (κ1) is 30.2. The molecule has 6 nitrogen and oxygen atoms in total. The van der Waals surface area contributed by atoms with Gasteiger partial charge in [-0.2, -0.15) is 0 Å². The molecule has 0 amide bonds. The molecule has 0 spiro atoms. The van der Waals surface area contributed by atoms with E-state index in [9.17, 15) is 0 Å². The third-order valence-corrected chi connectivity index (χ3v) is 10.2. The lowest BCUT2D eigenvalue weighted by Crippen LogP contribution is -2.01. The zero-order valence-corrected chi connectivity index (χ0v) is 28.8. The van der Waals surface area contributed by atoms with Crippen molar-refractivity contribution in [3.05, 3.63) is 170 Å². The summed E-state index contributed by atoms with van der Waals surface area (Å²) in [5.74, 6) is 2.37. The third-order valence-electron chi connectivity index (χ3n) is 10.2. The fraction of sp³-hybridized carbons (Fsp3) is 0. The summed E-state index contributed by atoms with van der Waals surface area (Å²) < 4.78 is 12.9. The van der Waals surface area contributed by atoms with Crippen LogP contribution in [0.1, 0.15) is 0 Å². The van der Waals surface area contributed by atoms with E-state index in [4.69, 9.17) is 28.8 Å². The molecule has 0 aliphatic carbocycles. The molecule has 8 aromatic carbocycles. The maximum Gasteiger partial charge on any atom is 0.227 e. The lowest BCUT2D eigenvalue weighted by atomic mass is 9.94. The van der Waals surface area contributed by atoms with Crippen LogP contribution < -0.4 is 0 Å². The van der Waals surface area contributed by atoms with E-state index in [0.717, 1.165) is 82.4 Å². The van der Waals surface area contributed by atoms with Gasteiger partial charge in [0.25, 0.3) is 0 Å². The quantitative estimate of drug-likeness (QED) is 0.179. The first-order chi connectivity index (χ1) is 26.7. The number of benzene rings is 8. The van der Waals surface area contributed by atoms with Crippen molar-refractivity contribution in [2.24, 2.45) is 0 Å². The average Bonchev–Trinajstić information content (AvgIpc) is 3.86. The molecule has 0 fully saturated rings. The second kappa shape index (κ2) is 12.1. The van der Waals surface area contributed by atoms with Crippen molar-refractivity contribution in [3.63, 3.8) is 0 Å². The van der Waals surface area contributed by atoms with Gasteiger partial charge < -0.3 is 8.83 Å². The maximum atomic E-state index is 6.49. The Bertz CT molecular complexity index is 3210. The van der Waals surface area contributed by atoms with E-state index in [1.165, 1.54) is 0 Å². The van der Waals surface area contributed by atoms with Crippen LogP contribution in [0.2, 0.25) is 0 Å². The van der Waals surface area contributed by atoms with Gasteiger partial charge in [0, 0.05) is 27.6 Å². The lowest BCUT2D eigenvalue weighted by molar-refractivity contribution is 0.622. The van der Waals surface area contributed by atoms with Crippen LogP contribution in [0.4, 0.5) is 0 Å². The molecule has 0 saturated heterocycles. The summed E-state index contributed by atoms with van der Waals surface area (Å²) in [6.45, 7) is 0. The number of furan rings is 1. The molecule has 0 aliphatic heterocycles. The number of rotatable bonds is 5. The molecule has 0 saturated carbocycles. The van der Waals surface area contributed by atoms with E-state index in [1.807, 2.05) is 84.9 Å². The Morgan fingerprint density at radius 2 is 0.926 bits per heavy atom. The molecule has 0 N–H and O–H groups in total. The predicted molar refractivity (Wildman–Crippen MR) is 217 cm³/mol. The van der Waals surface area contributed by atoms with E-state index in [-0.39, 0.29) is 0 Å². The second-order valence-electron chi connectivity index (χ2n) is 13.4. The summed E-state index contributed by atoms with van der Waals surface area (Å²) in [7, 11) is 0. The number of hydrogen-bond acceptors (Lipinski definition) is 6. The molecule has 6 heteroatoms. The fourth-order valence-corrected chi connectivity index (χ4v) is 7.61. The Kier molecular flexibility index (Phi) is 6.75. The summed E-state index contributed by atoms with van der Waals surface area (Å²) in [6, 6.07) is 57.7. The van der Waals surface area contributed by atoms with E-state index in [0.29, 0.717) is 28.9 Å². The number of fused-ring (bicyclic) bond motifs is 8. The molecular formula is C48H28N4O2. The molecule has 0 aliphatic rings. The van der Waals surface area contributed by atoms with Crippen molar-refractivity contribution in [1.82, 2.24) is 19.9 Å². The summed E-state index contributed by atoms with van der Waals surface area (Å²) in [5, 5.41) is 6.14. The number of aromatic nitrogens is 4. The van der Waals surface area contributed by atoms with E-state index in [2.05, 4.69) is 84.9 Å². The van der Waals surface area contributed by atoms with Crippen LogP contribution in [0.25, 0.3) is 111 Å². The van der Waals surface area contributed by atoms with Crippen LogP contribution in [0.3, 0.4) is 0 Å². The number of oxazole rings is 1. The Labute approximate surface area is 309 Å². The smallest absolute Gasteiger partial charge is 0.227 e. The van der Waals surface area contributed by atoms with Gasteiger partial charge in [-0.1, -0.05) is 127 Å². The molecule has 0 bridgehead atoms. The van der Waals surface area contributed by atoms with Crippen molar-refractivity contribution in [2.45, 2.75) is 0 Å². The predicted octanol–water partition coefficient (Wildman–Crippen LogP) is 12.6. The Hall–Kier alpha value is -7.44. The summed E-state index contributed by atoms with van der Waals surface area (Å²) in [6.07, 6.45) is 0. The summed E-state index contributed by atoms with van der Waals surface area (Å²) in [4.78, 5) is 20.2. The van der Waals surface area contributed by atoms with E-state index in [1.54, 1.807) is 0 Å². The monoisotopic (exact) mass is 692 g/mol. The molecule has 0 unspecified atom stereocenters. The summed E-state index contributed by atoms with van der Waals surface area (Å²) in [5.41, 5.74) is 8.95. The molecule has 3 heterocycles. The van der Waals surface area contributed by atoms with Crippen LogP contribution in [-0.4, -0.2) is 19.9 Å². The van der Waals surface area contributed by atoms with Gasteiger partial charge in [0.15, 0.2) is 23.1 Å². The first-order valence-corrected chi connectivity index (χ1v) is 17.9. The largest absolute Gasteiger partial charge is 0.456 e. The minimum atomic E-state index is 0.573. The van der Waals surface area contributed by atoms with Gasteiger partial charge in [0.2, 0.25) is 5.89 Å². The normalized spacial score (nSPS) is 11.7. The van der Waals surface area contributed by atoms with Gasteiger partial charge in [-0.25, -0.2) is 19.9 Å². The highest BCUT2D eigenvalue weighted by Crippen LogP contribution is 2.41. The molecular weight excluding hydrogens is 665 g/mol. The van der Waals surface area contributed by atoms with Crippen molar-refractivity contribution < 1.29 is 8.83 Å². The highest BCUT2D eigenvalue weighted by atomic mass is 16.4. The molecule has 3 aromatic heterocycles.